The van der Waals surface area contributed by atoms with Gasteiger partial charge < -0.3 is 19.2 Å². The molecule has 172 valence electrons. The summed E-state index contributed by atoms with van der Waals surface area (Å²) in [5, 5.41) is 2.02. The highest BCUT2D eigenvalue weighted by Crippen LogP contribution is 2.22. The molecule has 4 aromatic rings. The van der Waals surface area contributed by atoms with Crippen molar-refractivity contribution in [1.29, 1.82) is 0 Å². The lowest BCUT2D eigenvalue weighted by molar-refractivity contribution is 0.262. The number of fused-ring (bicyclic) bond motifs is 2. The number of unbranched alkanes of at least 4 members (excludes halogenated alkanes) is 2. The Bertz CT molecular complexity index is 1260. The van der Waals surface area contributed by atoms with Crippen molar-refractivity contribution in [2.45, 2.75) is 25.7 Å². The number of hydrogen-bond acceptors (Lipinski definition) is 5. The molecule has 33 heavy (non-hydrogen) atoms. The minimum Gasteiger partial charge on any atom is -0.494 e. The topological polar surface area (TPSA) is 73.4 Å². The molecule has 0 radical (unpaired) electrons. The van der Waals surface area contributed by atoms with Crippen molar-refractivity contribution < 1.29 is 14.2 Å². The monoisotopic (exact) mass is 466 g/mol. The number of rotatable bonds is 12. The zero-order valence-electron chi connectivity index (χ0n) is 18.4. The van der Waals surface area contributed by atoms with Crippen LogP contribution in [0.4, 0.5) is 0 Å². The first-order valence-corrected chi connectivity index (χ1v) is 11.7. The molecule has 0 saturated carbocycles. The summed E-state index contributed by atoms with van der Waals surface area (Å²) in [4.78, 5) is 18.9. The van der Waals surface area contributed by atoms with Gasteiger partial charge >= 0.3 is 0 Å². The number of ether oxygens (including phenoxy) is 3. The van der Waals surface area contributed by atoms with E-state index >= 15 is 0 Å². The highest BCUT2D eigenvalue weighted by Gasteiger charge is 2.03. The number of aromatic nitrogens is 2. The number of alkyl halides is 1. The SMILES string of the molecule is O=c1ccc2ccc(OCCCCOc3ccc4ccc(OCCCCCl)cc4n3)cc2[nH]1. The van der Waals surface area contributed by atoms with E-state index in [1.54, 1.807) is 6.07 Å². The van der Waals surface area contributed by atoms with E-state index in [1.807, 2.05) is 48.5 Å². The van der Waals surface area contributed by atoms with Crippen LogP contribution in [-0.4, -0.2) is 35.7 Å². The van der Waals surface area contributed by atoms with Gasteiger partial charge in [0.05, 0.1) is 30.9 Å². The molecular formula is C26H27ClN2O4. The molecule has 0 spiro atoms. The number of benzene rings is 2. The maximum Gasteiger partial charge on any atom is 0.248 e. The molecular weight excluding hydrogens is 440 g/mol. The molecule has 0 aliphatic rings. The molecule has 2 heterocycles. The van der Waals surface area contributed by atoms with Crippen molar-refractivity contribution in [2.75, 3.05) is 25.7 Å². The Morgan fingerprint density at radius 2 is 1.36 bits per heavy atom. The smallest absolute Gasteiger partial charge is 0.248 e. The van der Waals surface area contributed by atoms with Gasteiger partial charge in [0.25, 0.3) is 0 Å². The number of pyridine rings is 2. The van der Waals surface area contributed by atoms with Gasteiger partial charge in [0.1, 0.15) is 11.5 Å². The van der Waals surface area contributed by atoms with Crippen LogP contribution in [0.5, 0.6) is 17.4 Å². The Morgan fingerprint density at radius 1 is 0.727 bits per heavy atom. The van der Waals surface area contributed by atoms with E-state index in [1.165, 1.54) is 6.07 Å². The van der Waals surface area contributed by atoms with Gasteiger partial charge in [-0.2, -0.15) is 0 Å². The highest BCUT2D eigenvalue weighted by atomic mass is 35.5. The van der Waals surface area contributed by atoms with Crippen molar-refractivity contribution in [1.82, 2.24) is 9.97 Å². The fourth-order valence-corrected chi connectivity index (χ4v) is 3.61. The van der Waals surface area contributed by atoms with Crippen molar-refractivity contribution >= 4 is 33.4 Å². The lowest BCUT2D eigenvalue weighted by atomic mass is 10.2. The molecule has 0 aliphatic heterocycles. The summed E-state index contributed by atoms with van der Waals surface area (Å²) >= 11 is 5.70. The molecule has 0 saturated heterocycles. The van der Waals surface area contributed by atoms with Gasteiger partial charge in [-0.25, -0.2) is 4.98 Å². The predicted molar refractivity (Wildman–Crippen MR) is 132 cm³/mol. The van der Waals surface area contributed by atoms with Gasteiger partial charge in [-0.05, 0) is 67.5 Å². The number of hydrogen-bond donors (Lipinski definition) is 1. The number of aromatic amines is 1. The van der Waals surface area contributed by atoms with Crippen LogP contribution < -0.4 is 19.8 Å². The predicted octanol–water partition coefficient (Wildman–Crippen LogP) is 5.71. The van der Waals surface area contributed by atoms with Crippen molar-refractivity contribution in [3.8, 4) is 17.4 Å². The minimum atomic E-state index is -0.120. The van der Waals surface area contributed by atoms with Gasteiger partial charge in [-0.3, -0.25) is 4.79 Å². The Hall–Kier alpha value is -3.25. The van der Waals surface area contributed by atoms with E-state index in [0.717, 1.165) is 59.0 Å². The van der Waals surface area contributed by atoms with E-state index < -0.39 is 0 Å². The summed E-state index contributed by atoms with van der Waals surface area (Å²) in [6, 6.07) is 18.8. The standard InChI is InChI=1S/C26H27ClN2O4/c27-13-1-2-14-31-22-10-6-20-8-12-26(29-24(20)18-22)33-16-4-3-15-32-21-9-5-19-7-11-25(30)28-23(19)17-21/h5-12,17-18H,1-4,13-16H2,(H,28,30). The van der Waals surface area contributed by atoms with Crippen LogP contribution in [0.25, 0.3) is 21.8 Å². The fraction of sp³-hybridized carbons (Fsp3) is 0.308. The molecule has 0 bridgehead atoms. The maximum absolute atomic E-state index is 11.5. The van der Waals surface area contributed by atoms with Crippen LogP contribution in [-0.2, 0) is 0 Å². The molecule has 0 amide bonds. The number of halogens is 1. The fourth-order valence-electron chi connectivity index (χ4n) is 3.42. The van der Waals surface area contributed by atoms with Crippen molar-refractivity contribution in [3.63, 3.8) is 0 Å². The molecule has 2 aromatic heterocycles. The summed E-state index contributed by atoms with van der Waals surface area (Å²) < 4.78 is 17.4. The first kappa shape index (κ1) is 22.9. The Kier molecular flexibility index (Phi) is 8.04. The van der Waals surface area contributed by atoms with E-state index in [9.17, 15) is 4.79 Å². The van der Waals surface area contributed by atoms with Crippen LogP contribution in [0.3, 0.4) is 0 Å². The average Bonchev–Trinajstić information content (AvgIpc) is 2.83. The van der Waals surface area contributed by atoms with Gasteiger partial charge in [-0.1, -0.05) is 0 Å². The lowest BCUT2D eigenvalue weighted by Crippen LogP contribution is -2.04. The molecule has 2 aromatic carbocycles. The second-order valence-corrected chi connectivity index (χ2v) is 8.10. The number of nitrogens with one attached hydrogen (secondary N) is 1. The largest absolute Gasteiger partial charge is 0.494 e. The van der Waals surface area contributed by atoms with E-state index in [-0.39, 0.29) is 5.56 Å². The summed E-state index contributed by atoms with van der Waals surface area (Å²) in [5.74, 6) is 2.79. The van der Waals surface area contributed by atoms with Gasteiger partial charge in [0, 0.05) is 35.5 Å². The number of H-pyrrole nitrogens is 1. The zero-order valence-corrected chi connectivity index (χ0v) is 19.1. The van der Waals surface area contributed by atoms with Gasteiger partial charge in [0.2, 0.25) is 11.4 Å². The average molecular weight is 467 g/mol. The molecule has 1 N–H and O–H groups in total. The highest BCUT2D eigenvalue weighted by molar-refractivity contribution is 6.17. The van der Waals surface area contributed by atoms with E-state index in [2.05, 4.69) is 9.97 Å². The molecule has 7 heteroatoms. The summed E-state index contributed by atoms with van der Waals surface area (Å²) in [6.45, 7) is 1.77. The Morgan fingerprint density at radius 3 is 2.15 bits per heavy atom. The Labute approximate surface area is 197 Å². The first-order valence-electron chi connectivity index (χ1n) is 11.2. The molecule has 4 rings (SSSR count). The van der Waals surface area contributed by atoms with Gasteiger partial charge in [0.15, 0.2) is 0 Å². The van der Waals surface area contributed by atoms with Crippen LogP contribution in [0.2, 0.25) is 0 Å². The van der Waals surface area contributed by atoms with E-state index in [0.29, 0.717) is 31.6 Å². The normalized spacial score (nSPS) is 11.1. The van der Waals surface area contributed by atoms with Crippen molar-refractivity contribution in [2.24, 2.45) is 0 Å². The van der Waals surface area contributed by atoms with Crippen LogP contribution >= 0.6 is 11.6 Å². The third-order valence-electron chi connectivity index (χ3n) is 5.19. The number of nitrogens with zero attached hydrogens (tertiary/aromatic N) is 1. The van der Waals surface area contributed by atoms with Crippen LogP contribution in [0.1, 0.15) is 25.7 Å². The maximum atomic E-state index is 11.5. The van der Waals surface area contributed by atoms with Crippen molar-refractivity contribution in [3.05, 3.63) is 71.0 Å². The molecule has 0 fully saturated rings. The lowest BCUT2D eigenvalue weighted by Gasteiger charge is -2.09. The summed E-state index contributed by atoms with van der Waals surface area (Å²) in [7, 11) is 0. The van der Waals surface area contributed by atoms with Gasteiger partial charge in [-0.15, -0.1) is 11.6 Å². The summed E-state index contributed by atoms with van der Waals surface area (Å²) in [6.07, 6.45) is 3.56. The molecule has 0 aliphatic carbocycles. The molecule has 0 atom stereocenters. The zero-order chi connectivity index (χ0) is 22.9. The minimum absolute atomic E-state index is 0.120. The first-order chi connectivity index (χ1) is 16.2. The second kappa shape index (κ2) is 11.6. The molecule has 0 unspecified atom stereocenters. The van der Waals surface area contributed by atoms with E-state index in [4.69, 9.17) is 25.8 Å². The van der Waals surface area contributed by atoms with Crippen LogP contribution in [0, 0.1) is 0 Å². The third kappa shape index (κ3) is 6.62. The second-order valence-electron chi connectivity index (χ2n) is 7.72. The quantitative estimate of drug-likeness (QED) is 0.214. The molecule has 6 nitrogen and oxygen atoms in total. The van der Waals surface area contributed by atoms with Crippen LogP contribution in [0.15, 0.2) is 65.5 Å². The third-order valence-corrected chi connectivity index (χ3v) is 5.46. The summed E-state index contributed by atoms with van der Waals surface area (Å²) in [5.41, 5.74) is 1.50. The Balaban J connectivity index is 1.22.